The molecule has 1 unspecified atom stereocenters. The molecule has 0 bridgehead atoms. The molecule has 2 atom stereocenters. The highest BCUT2D eigenvalue weighted by atomic mass is 32.2. The molecule has 14 heteroatoms. The van der Waals surface area contributed by atoms with Crippen molar-refractivity contribution in [1.29, 1.82) is 0 Å². The third kappa shape index (κ3) is 5.27. The molecule has 2 aromatic rings. The summed E-state index contributed by atoms with van der Waals surface area (Å²) in [6.07, 6.45) is -8.32. The van der Waals surface area contributed by atoms with E-state index in [-0.39, 0.29) is 17.1 Å². The number of benzene rings is 2. The zero-order valence-corrected chi connectivity index (χ0v) is 17.6. The van der Waals surface area contributed by atoms with Crippen LogP contribution in [0, 0.1) is 5.82 Å². The van der Waals surface area contributed by atoms with E-state index in [0.29, 0.717) is 4.31 Å². The third-order valence-electron chi connectivity index (χ3n) is 4.59. The van der Waals surface area contributed by atoms with Crippen molar-refractivity contribution >= 4 is 33.4 Å². The van der Waals surface area contributed by atoms with Gasteiger partial charge < -0.3 is 15.2 Å². The fourth-order valence-corrected chi connectivity index (χ4v) is 4.69. The summed E-state index contributed by atoms with van der Waals surface area (Å²) in [5.41, 5.74) is -0.317. The summed E-state index contributed by atoms with van der Waals surface area (Å²) in [7, 11) is -4.55. The molecule has 2 amide bonds. The first-order chi connectivity index (χ1) is 15.3. The lowest BCUT2D eigenvalue weighted by atomic mass is 10.1. The highest BCUT2D eigenvalue weighted by Gasteiger charge is 2.50. The van der Waals surface area contributed by atoms with Gasteiger partial charge in [0, 0.05) is 12.6 Å². The van der Waals surface area contributed by atoms with E-state index < -0.39 is 57.6 Å². The lowest BCUT2D eigenvalue weighted by molar-refractivity contribution is -0.177. The number of hydrogen-bond acceptors (Lipinski definition) is 5. The molecule has 1 heterocycles. The molecule has 0 radical (unpaired) electrons. The van der Waals surface area contributed by atoms with Crippen LogP contribution in [-0.2, 0) is 14.8 Å². The van der Waals surface area contributed by atoms with Gasteiger partial charge in [0.1, 0.15) is 17.7 Å². The number of anilines is 2. The van der Waals surface area contributed by atoms with E-state index in [0.717, 1.165) is 43.3 Å². The molecular weight excluding hydrogens is 474 g/mol. The maximum atomic E-state index is 13.7. The second-order valence-electron chi connectivity index (χ2n) is 6.98. The van der Waals surface area contributed by atoms with Gasteiger partial charge in [0.25, 0.3) is 10.0 Å². The van der Waals surface area contributed by atoms with Crippen LogP contribution in [0.1, 0.15) is 6.92 Å². The van der Waals surface area contributed by atoms with Gasteiger partial charge in [0.2, 0.25) is 5.91 Å². The van der Waals surface area contributed by atoms with Crippen LogP contribution in [0.15, 0.2) is 47.4 Å². The molecule has 0 aliphatic carbocycles. The van der Waals surface area contributed by atoms with Crippen molar-refractivity contribution < 1.29 is 45.4 Å². The molecule has 1 aliphatic rings. The Balaban J connectivity index is 2.13. The van der Waals surface area contributed by atoms with Crippen molar-refractivity contribution in [3.05, 3.63) is 48.3 Å². The molecule has 178 valence electrons. The van der Waals surface area contributed by atoms with Crippen molar-refractivity contribution in [3.8, 4) is 5.75 Å². The van der Waals surface area contributed by atoms with Gasteiger partial charge in [-0.25, -0.2) is 17.6 Å². The number of alkyl halides is 3. The predicted octanol–water partition coefficient (Wildman–Crippen LogP) is 2.94. The number of carbonyl (C=O) groups excluding carboxylic acids is 1. The average molecular weight is 491 g/mol. The van der Waals surface area contributed by atoms with Gasteiger partial charge in [0.05, 0.1) is 17.1 Å². The van der Waals surface area contributed by atoms with Gasteiger partial charge in [-0.1, -0.05) is 0 Å². The number of ether oxygens (including phenoxy) is 1. The van der Waals surface area contributed by atoms with E-state index in [9.17, 15) is 35.6 Å². The van der Waals surface area contributed by atoms with Crippen LogP contribution in [0.2, 0.25) is 0 Å². The Bertz CT molecular complexity index is 1170. The van der Waals surface area contributed by atoms with Gasteiger partial charge in [-0.05, 0) is 42.5 Å². The minimum absolute atomic E-state index is 0.0724. The first-order valence-corrected chi connectivity index (χ1v) is 10.7. The number of nitrogens with zero attached hydrogens (tertiary/aromatic N) is 1. The van der Waals surface area contributed by atoms with Crippen molar-refractivity contribution in [2.24, 2.45) is 0 Å². The van der Waals surface area contributed by atoms with Crippen molar-refractivity contribution in [2.75, 3.05) is 16.2 Å². The number of hydrogen-bond donors (Lipinski definition) is 3. The molecule has 0 aromatic heterocycles. The number of rotatable bonds is 5. The molecular formula is C19H17F4N3O6S. The summed E-state index contributed by atoms with van der Waals surface area (Å²) < 4.78 is 86.8. The lowest BCUT2D eigenvalue weighted by Gasteiger charge is -2.39. The summed E-state index contributed by atoms with van der Waals surface area (Å²) >= 11 is 0. The van der Waals surface area contributed by atoms with Crippen LogP contribution in [-0.4, -0.2) is 50.4 Å². The minimum Gasteiger partial charge on any atom is -0.484 e. The van der Waals surface area contributed by atoms with Crippen LogP contribution < -0.4 is 19.7 Å². The number of sulfonamides is 1. The summed E-state index contributed by atoms with van der Waals surface area (Å²) in [4.78, 5) is 21.9. The number of fused-ring (bicyclic) bond motifs is 1. The summed E-state index contributed by atoms with van der Waals surface area (Å²) in [6, 6.07) is 4.38. The maximum absolute atomic E-state index is 13.7. The van der Waals surface area contributed by atoms with Gasteiger partial charge in [-0.3, -0.25) is 14.4 Å². The third-order valence-corrected chi connectivity index (χ3v) is 6.38. The zero-order chi connectivity index (χ0) is 24.6. The SMILES string of the molecule is CC(=O)N[C@@H](C1CN(S(=O)(=O)c2ccc(F)cc2)c2cc(NC(=O)O)ccc2O1)C(F)(F)F. The Morgan fingerprint density at radius 1 is 1.18 bits per heavy atom. The Labute approximate surface area is 185 Å². The lowest BCUT2D eigenvalue weighted by Crippen LogP contribution is -2.59. The van der Waals surface area contributed by atoms with Crippen LogP contribution in [0.4, 0.5) is 33.7 Å². The van der Waals surface area contributed by atoms with Gasteiger partial charge >= 0.3 is 12.3 Å². The Kier molecular flexibility index (Phi) is 6.40. The molecule has 0 fully saturated rings. The standard InChI is InChI=1S/C19H17F4N3O6S/c1-10(27)24-17(19(21,22)23)16-9-26(33(30,31)13-5-2-11(20)3-6-13)14-8-12(25-18(28)29)4-7-15(14)32-16/h2-8,16-17,25H,9H2,1H3,(H,24,27)(H,28,29)/t16?,17-/m0/s1. The maximum Gasteiger partial charge on any atom is 0.412 e. The molecule has 9 nitrogen and oxygen atoms in total. The smallest absolute Gasteiger partial charge is 0.412 e. The van der Waals surface area contributed by atoms with E-state index in [1.165, 1.54) is 6.07 Å². The second kappa shape index (κ2) is 8.77. The van der Waals surface area contributed by atoms with E-state index in [1.807, 2.05) is 5.32 Å². The molecule has 3 rings (SSSR count). The number of carbonyl (C=O) groups is 2. The number of halogens is 4. The summed E-state index contributed by atoms with van der Waals surface area (Å²) in [5.74, 6) is -2.04. The van der Waals surface area contributed by atoms with E-state index >= 15 is 0 Å². The van der Waals surface area contributed by atoms with Crippen molar-refractivity contribution in [3.63, 3.8) is 0 Å². The molecule has 0 spiro atoms. The Morgan fingerprint density at radius 3 is 2.36 bits per heavy atom. The Hall–Kier alpha value is -3.55. The number of nitrogens with one attached hydrogen (secondary N) is 2. The number of carboxylic acid groups (broad SMARTS) is 1. The summed E-state index contributed by atoms with van der Waals surface area (Å²) in [6.45, 7) is -0.0138. The Morgan fingerprint density at radius 2 is 1.82 bits per heavy atom. The summed E-state index contributed by atoms with van der Waals surface area (Å²) in [5, 5.41) is 12.7. The van der Waals surface area contributed by atoms with Crippen molar-refractivity contribution in [2.45, 2.75) is 30.1 Å². The normalized spacial score (nSPS) is 16.9. The predicted molar refractivity (Wildman–Crippen MR) is 107 cm³/mol. The molecule has 1 aliphatic heterocycles. The zero-order valence-electron chi connectivity index (χ0n) is 16.8. The second-order valence-corrected chi connectivity index (χ2v) is 8.84. The van der Waals surface area contributed by atoms with Crippen LogP contribution in [0.5, 0.6) is 5.75 Å². The highest BCUT2D eigenvalue weighted by Crippen LogP contribution is 2.41. The van der Waals surface area contributed by atoms with E-state index in [4.69, 9.17) is 9.84 Å². The van der Waals surface area contributed by atoms with Crippen LogP contribution in [0.3, 0.4) is 0 Å². The fraction of sp³-hybridized carbons (Fsp3) is 0.263. The number of amides is 2. The molecule has 33 heavy (non-hydrogen) atoms. The van der Waals surface area contributed by atoms with Crippen molar-refractivity contribution in [1.82, 2.24) is 5.32 Å². The largest absolute Gasteiger partial charge is 0.484 e. The first kappa shape index (κ1) is 24.1. The molecule has 0 saturated heterocycles. The fourth-order valence-electron chi connectivity index (χ4n) is 3.21. The monoisotopic (exact) mass is 491 g/mol. The average Bonchev–Trinajstić information content (AvgIpc) is 2.70. The molecule has 0 saturated carbocycles. The highest BCUT2D eigenvalue weighted by molar-refractivity contribution is 7.92. The van der Waals surface area contributed by atoms with E-state index in [1.54, 1.807) is 5.32 Å². The topological polar surface area (TPSA) is 125 Å². The minimum atomic E-state index is -4.98. The quantitative estimate of drug-likeness (QED) is 0.553. The van der Waals surface area contributed by atoms with Crippen LogP contribution >= 0.6 is 0 Å². The van der Waals surface area contributed by atoms with Gasteiger partial charge in [-0.2, -0.15) is 13.2 Å². The van der Waals surface area contributed by atoms with Crippen LogP contribution in [0.25, 0.3) is 0 Å². The molecule has 3 N–H and O–H groups in total. The van der Waals surface area contributed by atoms with Gasteiger partial charge in [-0.15, -0.1) is 0 Å². The van der Waals surface area contributed by atoms with E-state index in [2.05, 4.69) is 0 Å². The molecule has 2 aromatic carbocycles. The van der Waals surface area contributed by atoms with Gasteiger partial charge in [0.15, 0.2) is 6.04 Å². The first-order valence-electron chi connectivity index (χ1n) is 9.22.